The van der Waals surface area contributed by atoms with Crippen LogP contribution < -0.4 is 0 Å². The lowest BCUT2D eigenvalue weighted by atomic mass is 9.98. The highest BCUT2D eigenvalue weighted by Crippen LogP contribution is 2.39. The van der Waals surface area contributed by atoms with Crippen LogP contribution in [0.15, 0.2) is 322 Å². The van der Waals surface area contributed by atoms with Gasteiger partial charge in [-0.2, -0.15) is 0 Å². The smallest absolute Gasteiger partial charge is 0.160 e. The summed E-state index contributed by atoms with van der Waals surface area (Å²) in [6.07, 6.45) is 5.59. The number of aromatic nitrogens is 9. The van der Waals surface area contributed by atoms with E-state index in [0.29, 0.717) is 11.6 Å². The van der Waals surface area contributed by atoms with Gasteiger partial charge in [0.2, 0.25) is 0 Å². The summed E-state index contributed by atoms with van der Waals surface area (Å²) in [7, 11) is 0. The Morgan fingerprint density at radius 1 is 0.223 bits per heavy atom. The lowest BCUT2D eigenvalue weighted by Crippen LogP contribution is -1.98. The van der Waals surface area contributed by atoms with Gasteiger partial charge in [0.1, 0.15) is 0 Å². The maximum absolute atomic E-state index is 5.32. The Balaban J connectivity index is 0.683. The minimum Gasteiger partial charge on any atom is -0.309 e. The summed E-state index contributed by atoms with van der Waals surface area (Å²) in [6.45, 7) is 0. The van der Waals surface area contributed by atoms with E-state index in [-0.39, 0.29) is 0 Å². The molecular formula is C85H53N9. The minimum atomic E-state index is 0.617. The van der Waals surface area contributed by atoms with Crippen molar-refractivity contribution < 1.29 is 0 Å². The van der Waals surface area contributed by atoms with Crippen LogP contribution >= 0.6 is 0 Å². The topological polar surface area (TPSA) is 100 Å². The number of pyridine rings is 3. The molecule has 11 aromatic carbocycles. The van der Waals surface area contributed by atoms with Crippen LogP contribution in [0.1, 0.15) is 0 Å². The third-order valence-corrected chi connectivity index (χ3v) is 18.2. The van der Waals surface area contributed by atoms with E-state index in [0.717, 1.165) is 145 Å². The zero-order chi connectivity index (χ0) is 62.1. The summed E-state index contributed by atoms with van der Waals surface area (Å²) >= 11 is 0. The molecule has 0 aliphatic rings. The standard InChI is InChI=1S/C85H53N9/c1-5-23-78-68(17-1)69-18-2-6-24-79(69)93(78)65-44-39-62(40-45-65)84-89-74(51-75(90-84)59-37-31-56(32-38-59)67-21-9-13-60-15-11-49-86-82(60)67)57-33-27-54(28-34-57)55-29-35-58(36-30-55)76-52-77(64-43-48-73(88-53-64)72-22-10-14-61-16-12-50-87-83(61)72)92-85(91-76)63-41-46-66(47-42-63)94-80-25-7-3-19-70(80)71-20-4-8-26-81(71)94/h1-53H. The molecule has 0 amide bonds. The SMILES string of the molecule is c1cnc2c(-c3ccc(-c4cc(-c5ccc(-c6ccc(-c7cc(-c8ccc(-c9cccc%10cccnc9%10)nc8)nc(-c8ccc(-n9c%10ccccc%10c%10ccccc%109)cc8)n7)cc6)cc5)nc(-c5ccc(-n6c7ccccc7c7ccccc76)cc5)n4)cc3)cccc2c1. The molecule has 0 saturated carbocycles. The summed E-state index contributed by atoms with van der Waals surface area (Å²) < 4.78 is 4.66. The molecule has 9 heteroatoms. The van der Waals surface area contributed by atoms with Gasteiger partial charge in [-0.15, -0.1) is 0 Å². The quantitative estimate of drug-likeness (QED) is 0.127. The Morgan fingerprint density at radius 3 is 0.979 bits per heavy atom. The number of hydrogen-bond acceptors (Lipinski definition) is 7. The van der Waals surface area contributed by atoms with Gasteiger partial charge < -0.3 is 9.13 Å². The monoisotopic (exact) mass is 1200 g/mol. The predicted molar refractivity (Wildman–Crippen MR) is 384 cm³/mol. The second kappa shape index (κ2) is 22.6. The molecule has 0 radical (unpaired) electrons. The largest absolute Gasteiger partial charge is 0.309 e. The van der Waals surface area contributed by atoms with E-state index in [9.17, 15) is 0 Å². The fourth-order valence-corrected chi connectivity index (χ4v) is 13.5. The van der Waals surface area contributed by atoms with E-state index in [1.165, 1.54) is 21.5 Å². The lowest BCUT2D eigenvalue weighted by Gasteiger charge is -2.13. The first kappa shape index (κ1) is 54.1. The van der Waals surface area contributed by atoms with Crippen molar-refractivity contribution in [2.75, 3.05) is 0 Å². The van der Waals surface area contributed by atoms with Crippen molar-refractivity contribution in [1.82, 2.24) is 44.0 Å². The molecule has 0 unspecified atom stereocenters. The first-order valence-electron chi connectivity index (χ1n) is 31.5. The Morgan fingerprint density at radius 2 is 0.564 bits per heavy atom. The van der Waals surface area contributed by atoms with Crippen molar-refractivity contribution in [3.05, 3.63) is 322 Å². The molecule has 7 heterocycles. The van der Waals surface area contributed by atoms with Crippen molar-refractivity contribution in [3.8, 4) is 113 Å². The zero-order valence-corrected chi connectivity index (χ0v) is 50.6. The molecular weight excluding hydrogens is 1150 g/mol. The molecule has 438 valence electrons. The Hall–Kier alpha value is -12.9. The molecule has 0 aliphatic carbocycles. The molecule has 94 heavy (non-hydrogen) atoms. The van der Waals surface area contributed by atoms with Crippen LogP contribution in [-0.2, 0) is 0 Å². The molecule has 0 fully saturated rings. The molecule has 0 N–H and O–H groups in total. The van der Waals surface area contributed by atoms with Gasteiger partial charge in [0.05, 0.1) is 61.6 Å². The number of fused-ring (bicyclic) bond motifs is 8. The second-order valence-electron chi connectivity index (χ2n) is 23.7. The third-order valence-electron chi connectivity index (χ3n) is 18.2. The highest BCUT2D eigenvalue weighted by molar-refractivity contribution is 6.10. The maximum atomic E-state index is 5.32. The van der Waals surface area contributed by atoms with Crippen LogP contribution in [0.4, 0.5) is 0 Å². The van der Waals surface area contributed by atoms with E-state index >= 15 is 0 Å². The molecule has 9 nitrogen and oxygen atoms in total. The average Bonchev–Trinajstić information content (AvgIpc) is 1.72. The second-order valence-corrected chi connectivity index (χ2v) is 23.7. The molecule has 0 aliphatic heterocycles. The Kier molecular flexibility index (Phi) is 13.0. The number of nitrogens with zero attached hydrogens (tertiary/aromatic N) is 9. The van der Waals surface area contributed by atoms with Crippen molar-refractivity contribution in [3.63, 3.8) is 0 Å². The van der Waals surface area contributed by atoms with Crippen LogP contribution in [0.3, 0.4) is 0 Å². The van der Waals surface area contributed by atoms with Crippen LogP contribution in [0.5, 0.6) is 0 Å². The highest BCUT2D eigenvalue weighted by atomic mass is 15.0. The first-order valence-corrected chi connectivity index (χ1v) is 31.5. The van der Waals surface area contributed by atoms with E-state index < -0.39 is 0 Å². The maximum Gasteiger partial charge on any atom is 0.160 e. The van der Waals surface area contributed by atoms with Gasteiger partial charge in [0, 0.05) is 107 Å². The number of para-hydroxylation sites is 6. The highest BCUT2D eigenvalue weighted by Gasteiger charge is 2.19. The molecule has 18 rings (SSSR count). The number of hydrogen-bond donors (Lipinski definition) is 0. The summed E-state index contributed by atoms with van der Waals surface area (Å²) in [4.78, 5) is 35.6. The lowest BCUT2D eigenvalue weighted by molar-refractivity contribution is 1.16. The van der Waals surface area contributed by atoms with Gasteiger partial charge in [0.25, 0.3) is 0 Å². The predicted octanol–water partition coefficient (Wildman–Crippen LogP) is 21.0. The van der Waals surface area contributed by atoms with Crippen LogP contribution in [0.2, 0.25) is 0 Å². The van der Waals surface area contributed by atoms with Gasteiger partial charge in [-0.1, -0.05) is 194 Å². The van der Waals surface area contributed by atoms with Crippen molar-refractivity contribution in [2.24, 2.45) is 0 Å². The third kappa shape index (κ3) is 9.54. The number of benzene rings is 11. The summed E-state index contributed by atoms with van der Waals surface area (Å²) in [5, 5.41) is 7.06. The molecule has 0 spiro atoms. The molecule has 0 bridgehead atoms. The van der Waals surface area contributed by atoms with Gasteiger partial charge in [-0.05, 0) is 126 Å². The zero-order valence-electron chi connectivity index (χ0n) is 50.6. The Labute approximate surface area is 541 Å². The van der Waals surface area contributed by atoms with E-state index in [4.69, 9.17) is 34.9 Å². The number of rotatable bonds is 11. The summed E-state index contributed by atoms with van der Waals surface area (Å²) in [6, 6.07) is 106. The van der Waals surface area contributed by atoms with E-state index in [2.05, 4.69) is 300 Å². The van der Waals surface area contributed by atoms with Gasteiger partial charge >= 0.3 is 0 Å². The van der Waals surface area contributed by atoms with Crippen molar-refractivity contribution >= 4 is 65.4 Å². The fraction of sp³-hybridized carbons (Fsp3) is 0. The van der Waals surface area contributed by atoms with Gasteiger partial charge in [0.15, 0.2) is 11.6 Å². The van der Waals surface area contributed by atoms with Crippen molar-refractivity contribution in [2.45, 2.75) is 0 Å². The van der Waals surface area contributed by atoms with Crippen LogP contribution in [0, 0.1) is 0 Å². The average molecular weight is 1200 g/mol. The molecule has 18 aromatic rings. The molecule has 0 saturated heterocycles. The normalized spacial score (nSPS) is 11.6. The summed E-state index contributed by atoms with van der Waals surface area (Å²) in [5.41, 5.74) is 23.6. The van der Waals surface area contributed by atoms with Crippen LogP contribution in [-0.4, -0.2) is 44.0 Å². The van der Waals surface area contributed by atoms with E-state index in [1.807, 2.05) is 30.7 Å². The fourth-order valence-electron chi connectivity index (χ4n) is 13.5. The van der Waals surface area contributed by atoms with Gasteiger partial charge in [-0.3, -0.25) is 15.0 Å². The van der Waals surface area contributed by atoms with E-state index in [1.54, 1.807) is 0 Å². The van der Waals surface area contributed by atoms with Crippen LogP contribution in [0.25, 0.3) is 178 Å². The molecule has 7 aromatic heterocycles. The first-order chi connectivity index (χ1) is 46.6. The van der Waals surface area contributed by atoms with Crippen molar-refractivity contribution in [1.29, 1.82) is 0 Å². The van der Waals surface area contributed by atoms with Gasteiger partial charge in [-0.25, -0.2) is 19.9 Å². The summed E-state index contributed by atoms with van der Waals surface area (Å²) in [5.74, 6) is 1.26. The molecule has 0 atom stereocenters. The minimum absolute atomic E-state index is 0.617. The Bertz CT molecular complexity index is 5450.